The normalized spacial score (nSPS) is 13.2. The predicted octanol–water partition coefficient (Wildman–Crippen LogP) is 2.04. The Kier molecular flexibility index (Phi) is 6.36. The van der Waals surface area contributed by atoms with Crippen molar-refractivity contribution in [1.82, 2.24) is 15.1 Å². The molecule has 0 aliphatic carbocycles. The van der Waals surface area contributed by atoms with E-state index in [4.69, 9.17) is 5.11 Å². The van der Waals surface area contributed by atoms with Crippen molar-refractivity contribution >= 4 is 0 Å². The van der Waals surface area contributed by atoms with E-state index in [1.807, 2.05) is 11.7 Å². The molecule has 0 spiro atoms. The highest BCUT2D eigenvalue weighted by Crippen LogP contribution is 2.16. The van der Waals surface area contributed by atoms with Crippen molar-refractivity contribution < 1.29 is 5.11 Å². The molecule has 0 aliphatic heterocycles. The van der Waals surface area contributed by atoms with E-state index in [2.05, 4.69) is 37.4 Å². The van der Waals surface area contributed by atoms with Crippen molar-refractivity contribution in [2.45, 2.75) is 46.1 Å². The number of aromatic nitrogens is 2. The lowest BCUT2D eigenvalue weighted by Gasteiger charge is -2.09. The Morgan fingerprint density at radius 1 is 1.39 bits per heavy atom. The van der Waals surface area contributed by atoms with Crippen molar-refractivity contribution in [3.8, 4) is 0 Å². The van der Waals surface area contributed by atoms with Crippen LogP contribution in [0.15, 0.2) is 6.20 Å². The first kappa shape index (κ1) is 15.2. The van der Waals surface area contributed by atoms with Crippen LogP contribution in [0.4, 0.5) is 0 Å². The van der Waals surface area contributed by atoms with Crippen molar-refractivity contribution in [3.05, 3.63) is 17.5 Å². The van der Waals surface area contributed by atoms with Gasteiger partial charge in [-0.05, 0) is 31.2 Å². The average molecular weight is 253 g/mol. The van der Waals surface area contributed by atoms with E-state index in [9.17, 15) is 0 Å². The number of aryl methyl sites for hydroxylation is 1. The molecule has 0 saturated heterocycles. The number of hydrogen-bond acceptors (Lipinski definition) is 3. The van der Waals surface area contributed by atoms with Gasteiger partial charge in [0.25, 0.3) is 0 Å². The maximum absolute atomic E-state index is 8.94. The molecular weight excluding hydrogens is 226 g/mol. The van der Waals surface area contributed by atoms with E-state index in [1.54, 1.807) is 0 Å². The van der Waals surface area contributed by atoms with E-state index >= 15 is 0 Å². The fourth-order valence-electron chi connectivity index (χ4n) is 2.07. The molecule has 0 radical (unpaired) electrons. The van der Waals surface area contributed by atoms with Gasteiger partial charge in [0.05, 0.1) is 5.69 Å². The molecule has 1 atom stereocenters. The third-order valence-corrected chi connectivity index (χ3v) is 3.16. The van der Waals surface area contributed by atoms with Crippen LogP contribution in [0.3, 0.4) is 0 Å². The molecule has 0 aliphatic rings. The van der Waals surface area contributed by atoms with E-state index in [1.165, 1.54) is 11.3 Å². The quantitative estimate of drug-likeness (QED) is 0.697. The molecule has 18 heavy (non-hydrogen) atoms. The second-order valence-electron chi connectivity index (χ2n) is 5.47. The first-order valence-electron chi connectivity index (χ1n) is 6.88. The zero-order valence-corrected chi connectivity index (χ0v) is 12.1. The number of aliphatic hydroxyl groups excluding tert-OH is 1. The monoisotopic (exact) mass is 253 g/mol. The molecule has 0 saturated carbocycles. The Morgan fingerprint density at radius 2 is 2.11 bits per heavy atom. The largest absolute Gasteiger partial charge is 0.396 e. The Labute approximate surface area is 110 Å². The van der Waals surface area contributed by atoms with Crippen LogP contribution >= 0.6 is 0 Å². The molecule has 104 valence electrons. The molecule has 2 N–H and O–H groups in total. The molecule has 4 heteroatoms. The second kappa shape index (κ2) is 7.54. The van der Waals surface area contributed by atoms with E-state index in [0.717, 1.165) is 25.9 Å². The van der Waals surface area contributed by atoms with Crippen LogP contribution in [0.2, 0.25) is 0 Å². The Balaban J connectivity index is 2.31. The van der Waals surface area contributed by atoms with Crippen LogP contribution in [-0.4, -0.2) is 28.0 Å². The van der Waals surface area contributed by atoms with Gasteiger partial charge in [-0.2, -0.15) is 5.10 Å². The molecule has 0 fully saturated rings. The average Bonchev–Trinajstić information content (AvgIpc) is 2.70. The van der Waals surface area contributed by atoms with Crippen LogP contribution < -0.4 is 5.32 Å². The Bertz CT molecular complexity index is 347. The van der Waals surface area contributed by atoms with Crippen LogP contribution in [-0.2, 0) is 13.6 Å². The van der Waals surface area contributed by atoms with Gasteiger partial charge < -0.3 is 10.4 Å². The second-order valence-corrected chi connectivity index (χ2v) is 5.47. The Hall–Kier alpha value is -0.870. The summed E-state index contributed by atoms with van der Waals surface area (Å²) in [6.45, 7) is 8.60. The molecule has 0 amide bonds. The minimum atomic E-state index is 0.292. The van der Waals surface area contributed by atoms with E-state index in [-0.39, 0.29) is 0 Å². The minimum Gasteiger partial charge on any atom is -0.396 e. The summed E-state index contributed by atoms with van der Waals surface area (Å²) in [7, 11) is 1.97. The van der Waals surface area contributed by atoms with Crippen molar-refractivity contribution in [2.75, 3.05) is 13.2 Å². The van der Waals surface area contributed by atoms with E-state index < -0.39 is 0 Å². The van der Waals surface area contributed by atoms with Gasteiger partial charge in [0, 0.05) is 32.0 Å². The summed E-state index contributed by atoms with van der Waals surface area (Å²) in [4.78, 5) is 0. The molecule has 1 rings (SSSR count). The van der Waals surface area contributed by atoms with Crippen molar-refractivity contribution in [3.63, 3.8) is 0 Å². The number of aliphatic hydroxyl groups is 1. The fraction of sp³-hybridized carbons (Fsp3) is 0.786. The molecule has 1 aromatic heterocycles. The van der Waals surface area contributed by atoms with Gasteiger partial charge in [0.1, 0.15) is 0 Å². The molecule has 0 bridgehead atoms. The molecular formula is C14H27N3O. The van der Waals surface area contributed by atoms with Crippen molar-refractivity contribution in [1.29, 1.82) is 0 Å². The maximum atomic E-state index is 8.94. The summed E-state index contributed by atoms with van der Waals surface area (Å²) in [6, 6.07) is 0. The van der Waals surface area contributed by atoms with Gasteiger partial charge in [-0.15, -0.1) is 0 Å². The highest BCUT2D eigenvalue weighted by atomic mass is 16.3. The van der Waals surface area contributed by atoms with Gasteiger partial charge >= 0.3 is 0 Å². The molecule has 1 unspecified atom stereocenters. The number of nitrogens with zero attached hydrogens (tertiary/aromatic N) is 2. The summed E-state index contributed by atoms with van der Waals surface area (Å²) in [5.41, 5.74) is 2.48. The third-order valence-electron chi connectivity index (χ3n) is 3.16. The summed E-state index contributed by atoms with van der Waals surface area (Å²) in [5.74, 6) is 0.883. The minimum absolute atomic E-state index is 0.292. The van der Waals surface area contributed by atoms with Gasteiger partial charge in [0.15, 0.2) is 0 Å². The molecule has 1 heterocycles. The van der Waals surface area contributed by atoms with E-state index in [0.29, 0.717) is 18.4 Å². The number of hydrogen-bond donors (Lipinski definition) is 2. The summed E-state index contributed by atoms with van der Waals surface area (Å²) in [6.07, 6.45) is 4.28. The van der Waals surface area contributed by atoms with Crippen LogP contribution in [0.1, 0.15) is 50.8 Å². The topological polar surface area (TPSA) is 50.1 Å². The lowest BCUT2D eigenvalue weighted by Crippen LogP contribution is -2.16. The maximum Gasteiger partial charge on any atom is 0.0694 e. The zero-order chi connectivity index (χ0) is 13.5. The SMILES string of the molecule is CC(CO)CCCNCc1cn(C)nc1C(C)C. The van der Waals surface area contributed by atoms with Gasteiger partial charge in [-0.3, -0.25) is 4.68 Å². The fourth-order valence-corrected chi connectivity index (χ4v) is 2.07. The summed E-state index contributed by atoms with van der Waals surface area (Å²) >= 11 is 0. The zero-order valence-electron chi connectivity index (χ0n) is 12.1. The molecule has 1 aromatic rings. The number of rotatable bonds is 8. The highest BCUT2D eigenvalue weighted by molar-refractivity contribution is 5.19. The Morgan fingerprint density at radius 3 is 2.72 bits per heavy atom. The molecule has 0 aromatic carbocycles. The van der Waals surface area contributed by atoms with Crippen LogP contribution in [0.25, 0.3) is 0 Å². The summed E-state index contributed by atoms with van der Waals surface area (Å²) in [5, 5.41) is 16.9. The van der Waals surface area contributed by atoms with Gasteiger partial charge in [-0.1, -0.05) is 20.8 Å². The summed E-state index contributed by atoms with van der Waals surface area (Å²) < 4.78 is 1.89. The predicted molar refractivity (Wildman–Crippen MR) is 74.5 cm³/mol. The van der Waals surface area contributed by atoms with Crippen LogP contribution in [0.5, 0.6) is 0 Å². The number of nitrogens with one attached hydrogen (secondary N) is 1. The lowest BCUT2D eigenvalue weighted by atomic mass is 10.1. The third kappa shape index (κ3) is 4.78. The van der Waals surface area contributed by atoms with Crippen LogP contribution in [0, 0.1) is 5.92 Å². The smallest absolute Gasteiger partial charge is 0.0694 e. The standard InChI is InChI=1S/C14H27N3O/c1-11(2)14-13(9-17(4)16-14)8-15-7-5-6-12(3)10-18/h9,11-12,15,18H,5-8,10H2,1-4H3. The van der Waals surface area contributed by atoms with Gasteiger partial charge in [-0.25, -0.2) is 0 Å². The van der Waals surface area contributed by atoms with Crippen molar-refractivity contribution in [2.24, 2.45) is 13.0 Å². The lowest BCUT2D eigenvalue weighted by molar-refractivity contribution is 0.228. The first-order chi connectivity index (χ1) is 8.54. The first-order valence-corrected chi connectivity index (χ1v) is 6.88. The highest BCUT2D eigenvalue weighted by Gasteiger charge is 2.10. The molecule has 4 nitrogen and oxygen atoms in total. The van der Waals surface area contributed by atoms with Gasteiger partial charge in [0.2, 0.25) is 0 Å².